The molecule has 0 aliphatic heterocycles. The zero-order chi connectivity index (χ0) is 20.3. The molecule has 0 radical (unpaired) electrons. The van der Waals surface area contributed by atoms with Crippen LogP contribution in [0.2, 0.25) is 5.02 Å². The van der Waals surface area contributed by atoms with Crippen molar-refractivity contribution in [1.82, 2.24) is 25.3 Å². The van der Waals surface area contributed by atoms with E-state index < -0.39 is 31.1 Å². The number of anilines is 1. The lowest BCUT2D eigenvalue weighted by Gasteiger charge is -2.15. The van der Waals surface area contributed by atoms with Crippen LogP contribution >= 0.6 is 11.6 Å². The quantitative estimate of drug-likeness (QED) is 0.575. The molecule has 3 heterocycles. The van der Waals surface area contributed by atoms with Crippen molar-refractivity contribution in [3.8, 4) is 11.3 Å². The largest absolute Gasteiger partial charge is 0.390 e. The molecule has 0 saturated carbocycles. The molecule has 148 valence electrons. The lowest BCUT2D eigenvalue weighted by Crippen LogP contribution is -2.39. The average molecular weight is 413 g/mol. The first-order valence-corrected chi connectivity index (χ1v) is 8.67. The van der Waals surface area contributed by atoms with Gasteiger partial charge in [-0.25, -0.2) is 9.97 Å². The van der Waals surface area contributed by atoms with Gasteiger partial charge in [0.2, 0.25) is 5.91 Å². The van der Waals surface area contributed by atoms with Crippen LogP contribution in [-0.4, -0.2) is 44.6 Å². The molecule has 1 atom stereocenters. The molecule has 3 aromatic heterocycles. The van der Waals surface area contributed by atoms with Gasteiger partial charge >= 0.3 is 6.18 Å². The number of nitrogens with zero attached hydrogens (tertiary/aromatic N) is 3. The maximum absolute atomic E-state index is 12.2. The Labute approximate surface area is 162 Å². The smallest absolute Gasteiger partial charge is 0.357 e. The average Bonchev–Trinajstić information content (AvgIpc) is 3.03. The van der Waals surface area contributed by atoms with E-state index in [1.54, 1.807) is 18.5 Å². The topological polar surface area (TPSA) is 95.6 Å². The minimum atomic E-state index is -4.32. The van der Waals surface area contributed by atoms with Crippen molar-refractivity contribution >= 4 is 34.4 Å². The van der Waals surface area contributed by atoms with Crippen molar-refractivity contribution in [2.75, 3.05) is 11.9 Å². The van der Waals surface area contributed by atoms with E-state index in [1.165, 1.54) is 19.3 Å². The maximum Gasteiger partial charge on any atom is 0.390 e. The Balaban J connectivity index is 1.71. The summed E-state index contributed by atoms with van der Waals surface area (Å²) in [5.74, 6) is -0.264. The number of carbonyl (C=O) groups is 1. The predicted molar refractivity (Wildman–Crippen MR) is 98.9 cm³/mol. The summed E-state index contributed by atoms with van der Waals surface area (Å²) in [4.78, 5) is 27.7. The molecule has 7 nitrogen and oxygen atoms in total. The lowest BCUT2D eigenvalue weighted by molar-refractivity contribution is -0.135. The second-order valence-corrected chi connectivity index (χ2v) is 6.50. The summed E-state index contributed by atoms with van der Waals surface area (Å²) in [7, 11) is 0. The maximum atomic E-state index is 12.2. The number of alkyl halides is 3. The van der Waals surface area contributed by atoms with Crippen LogP contribution in [-0.2, 0) is 4.79 Å². The fourth-order valence-corrected chi connectivity index (χ4v) is 2.68. The van der Waals surface area contributed by atoms with Gasteiger partial charge in [0, 0.05) is 29.9 Å². The molecule has 0 unspecified atom stereocenters. The van der Waals surface area contributed by atoms with Crippen molar-refractivity contribution in [1.29, 1.82) is 0 Å². The molecule has 3 rings (SSSR count). The minimum Gasteiger partial charge on any atom is -0.357 e. The third-order valence-corrected chi connectivity index (χ3v) is 4.08. The van der Waals surface area contributed by atoms with Gasteiger partial charge in [-0.15, -0.1) is 0 Å². The molecule has 0 spiro atoms. The number of hydrogen-bond acceptors (Lipinski definition) is 5. The van der Waals surface area contributed by atoms with Crippen molar-refractivity contribution < 1.29 is 18.0 Å². The van der Waals surface area contributed by atoms with Crippen molar-refractivity contribution in [2.24, 2.45) is 0 Å². The van der Waals surface area contributed by atoms with Crippen LogP contribution in [0.4, 0.5) is 19.0 Å². The number of amides is 1. The number of nitrogens with one attached hydrogen (secondary N) is 3. The number of rotatable bonds is 6. The molecule has 0 fully saturated rings. The molecule has 0 aliphatic rings. The minimum absolute atomic E-state index is 0.306. The zero-order valence-electron chi connectivity index (χ0n) is 14.6. The van der Waals surface area contributed by atoms with Crippen LogP contribution in [0.5, 0.6) is 0 Å². The van der Waals surface area contributed by atoms with E-state index in [0.717, 1.165) is 10.9 Å². The van der Waals surface area contributed by atoms with Crippen LogP contribution in [0.15, 0.2) is 30.9 Å². The molecule has 28 heavy (non-hydrogen) atoms. The number of carbonyl (C=O) groups excluding carboxylic acids is 1. The summed E-state index contributed by atoms with van der Waals surface area (Å²) in [6, 6.07) is 0.950. The second-order valence-electron chi connectivity index (χ2n) is 6.06. The van der Waals surface area contributed by atoms with E-state index in [9.17, 15) is 18.0 Å². The first-order valence-electron chi connectivity index (χ1n) is 8.29. The van der Waals surface area contributed by atoms with Crippen LogP contribution in [0.3, 0.4) is 0 Å². The Bertz CT molecular complexity index is 990. The number of pyridine rings is 1. The normalized spacial score (nSPS) is 12.8. The lowest BCUT2D eigenvalue weighted by atomic mass is 10.1. The first kappa shape index (κ1) is 19.9. The van der Waals surface area contributed by atoms with Crippen molar-refractivity contribution in [3.05, 3.63) is 35.9 Å². The summed E-state index contributed by atoms with van der Waals surface area (Å²) in [6.07, 6.45) is 0.798. The molecule has 1 amide bonds. The van der Waals surface area contributed by atoms with Gasteiger partial charge in [-0.3, -0.25) is 9.78 Å². The molecule has 0 saturated heterocycles. The van der Waals surface area contributed by atoms with Gasteiger partial charge in [-0.05, 0) is 13.0 Å². The van der Waals surface area contributed by atoms with E-state index in [2.05, 4.69) is 30.6 Å². The van der Waals surface area contributed by atoms with Crippen LogP contribution in [0.1, 0.15) is 13.3 Å². The highest BCUT2D eigenvalue weighted by Crippen LogP contribution is 2.28. The second kappa shape index (κ2) is 8.01. The fourth-order valence-electron chi connectivity index (χ4n) is 2.52. The molecule has 0 bridgehead atoms. The van der Waals surface area contributed by atoms with Gasteiger partial charge in [0.15, 0.2) is 0 Å². The molecule has 0 aliphatic carbocycles. The van der Waals surface area contributed by atoms with Crippen LogP contribution in [0, 0.1) is 0 Å². The van der Waals surface area contributed by atoms with E-state index in [4.69, 9.17) is 11.6 Å². The van der Waals surface area contributed by atoms with Crippen LogP contribution < -0.4 is 10.6 Å². The number of H-pyrrole nitrogens is 1. The third kappa shape index (κ3) is 4.89. The van der Waals surface area contributed by atoms with E-state index in [-0.39, 0.29) is 0 Å². The van der Waals surface area contributed by atoms with Crippen molar-refractivity contribution in [3.63, 3.8) is 0 Å². The first-order chi connectivity index (χ1) is 13.2. The Hall–Kier alpha value is -2.88. The number of aromatic nitrogens is 4. The van der Waals surface area contributed by atoms with E-state index in [1.807, 2.05) is 0 Å². The van der Waals surface area contributed by atoms with Gasteiger partial charge < -0.3 is 15.6 Å². The van der Waals surface area contributed by atoms with Gasteiger partial charge in [-0.1, -0.05) is 11.6 Å². The molecule has 0 aromatic carbocycles. The number of aromatic amines is 1. The van der Waals surface area contributed by atoms with Crippen LogP contribution in [0.25, 0.3) is 22.3 Å². The monoisotopic (exact) mass is 412 g/mol. The van der Waals surface area contributed by atoms with Gasteiger partial charge in [0.05, 0.1) is 29.5 Å². The standard InChI is InChI=1S/C17H16ClF3N6O/c1-9(16(28)23-3-2-17(19,20)21)26-14-8-22-7-13(27-14)12-6-25-15-11(12)4-10(18)5-24-15/h4-9H,2-3H2,1H3,(H,23,28)(H,24,25)(H,26,27)/t9-/m0/s1. The zero-order valence-corrected chi connectivity index (χ0v) is 15.4. The predicted octanol–water partition coefficient (Wildman–Crippen LogP) is 3.54. The summed E-state index contributed by atoms with van der Waals surface area (Å²) >= 11 is 6.00. The molecular formula is C17H16ClF3N6O. The Morgan fingerprint density at radius 3 is 2.86 bits per heavy atom. The number of fused-ring (bicyclic) bond motifs is 1. The van der Waals surface area contributed by atoms with E-state index in [0.29, 0.717) is 22.2 Å². The SMILES string of the molecule is C[C@H](Nc1cncc(-c2c[nH]c3ncc(Cl)cc23)n1)C(=O)NCCC(F)(F)F. The number of halogens is 4. The van der Waals surface area contributed by atoms with Gasteiger partial charge in [0.25, 0.3) is 0 Å². The highest BCUT2D eigenvalue weighted by atomic mass is 35.5. The molecule has 3 N–H and O–H groups in total. The summed E-state index contributed by atoms with van der Waals surface area (Å²) < 4.78 is 36.5. The van der Waals surface area contributed by atoms with Gasteiger partial charge in [0.1, 0.15) is 17.5 Å². The Kier molecular flexibility index (Phi) is 5.68. The summed E-state index contributed by atoms with van der Waals surface area (Å²) in [5, 5.41) is 6.30. The highest BCUT2D eigenvalue weighted by Gasteiger charge is 2.27. The third-order valence-electron chi connectivity index (χ3n) is 3.87. The number of hydrogen-bond donors (Lipinski definition) is 3. The Morgan fingerprint density at radius 2 is 2.11 bits per heavy atom. The summed E-state index contributed by atoms with van der Waals surface area (Å²) in [5.41, 5.74) is 1.88. The van der Waals surface area contributed by atoms with Crippen molar-refractivity contribution in [2.45, 2.75) is 25.6 Å². The van der Waals surface area contributed by atoms with E-state index >= 15 is 0 Å². The summed E-state index contributed by atoms with van der Waals surface area (Å²) in [6.45, 7) is 1.04. The fraction of sp³-hybridized carbons (Fsp3) is 0.294. The molecule has 11 heteroatoms. The molecule has 3 aromatic rings. The highest BCUT2D eigenvalue weighted by molar-refractivity contribution is 6.31. The Morgan fingerprint density at radius 1 is 1.32 bits per heavy atom. The molecular weight excluding hydrogens is 397 g/mol. The van der Waals surface area contributed by atoms with Gasteiger partial charge in [-0.2, -0.15) is 13.2 Å².